The fourth-order valence-electron chi connectivity index (χ4n) is 2.22. The Balaban J connectivity index is 1.61. The summed E-state index contributed by atoms with van der Waals surface area (Å²) in [5, 5.41) is 4.02. The fourth-order valence-corrected chi connectivity index (χ4v) is 3.33. The van der Waals surface area contributed by atoms with Crippen molar-refractivity contribution in [1.82, 2.24) is 5.32 Å². The van der Waals surface area contributed by atoms with Gasteiger partial charge in [-0.3, -0.25) is 9.79 Å². The summed E-state index contributed by atoms with van der Waals surface area (Å²) in [5.41, 5.74) is 6.73. The number of amides is 1. The zero-order valence-corrected chi connectivity index (χ0v) is 13.0. The van der Waals surface area contributed by atoms with E-state index in [9.17, 15) is 9.18 Å². The Bertz CT molecular complexity index is 699. The van der Waals surface area contributed by atoms with Crippen molar-refractivity contribution >= 4 is 34.4 Å². The molecule has 2 atom stereocenters. The molecule has 0 saturated carbocycles. The number of hydrogen-bond donors (Lipinski definition) is 2. The number of nitrogens with zero attached hydrogens (tertiary/aromatic N) is 1. The number of nitrogens with one attached hydrogen (secondary N) is 1. The monoisotopic (exact) mass is 337 g/mol. The first-order chi connectivity index (χ1) is 10.5. The first kappa shape index (κ1) is 15.1. The summed E-state index contributed by atoms with van der Waals surface area (Å²) >= 11 is 7.29. The highest BCUT2D eigenvalue weighted by Crippen LogP contribution is 2.29. The number of halogens is 2. The van der Waals surface area contributed by atoms with Crippen LogP contribution in [0.2, 0.25) is 0 Å². The third-order valence-corrected chi connectivity index (χ3v) is 4.69. The Morgan fingerprint density at radius 3 is 2.77 bits per heavy atom. The van der Waals surface area contributed by atoms with Gasteiger partial charge in [0, 0.05) is 11.3 Å². The lowest BCUT2D eigenvalue weighted by Gasteiger charge is -2.16. The van der Waals surface area contributed by atoms with Gasteiger partial charge in [-0.1, -0.05) is 35.5 Å². The van der Waals surface area contributed by atoms with E-state index in [0.717, 1.165) is 10.7 Å². The van der Waals surface area contributed by atoms with Crippen LogP contribution in [0.1, 0.15) is 15.9 Å². The number of allylic oxidation sites excluding steroid dienone is 2. The van der Waals surface area contributed by atoms with Crippen LogP contribution in [-0.4, -0.2) is 23.2 Å². The predicted molar refractivity (Wildman–Crippen MR) is 87.5 cm³/mol. The highest BCUT2D eigenvalue weighted by atomic mass is 35.5. The first-order valence-corrected chi connectivity index (χ1v) is 8.00. The number of aliphatic imine (C=N–C) groups is 1. The predicted octanol–water partition coefficient (Wildman–Crippen LogP) is 2.70. The highest BCUT2D eigenvalue weighted by Gasteiger charge is 2.30. The Kier molecular flexibility index (Phi) is 4.22. The average molecular weight is 338 g/mol. The van der Waals surface area contributed by atoms with Crippen LogP contribution in [0.4, 0.5) is 4.39 Å². The van der Waals surface area contributed by atoms with Crippen LogP contribution in [-0.2, 0) is 5.75 Å². The molecule has 7 heteroatoms. The summed E-state index contributed by atoms with van der Waals surface area (Å²) < 4.78 is 13.4. The first-order valence-electron chi connectivity index (χ1n) is 6.64. The van der Waals surface area contributed by atoms with Crippen molar-refractivity contribution in [1.29, 1.82) is 0 Å². The number of nitrogens with two attached hydrogens (primary N) is 1. The maximum atomic E-state index is 13.4. The summed E-state index contributed by atoms with van der Waals surface area (Å²) in [6.45, 7) is 0. The molecule has 114 valence electrons. The van der Waals surface area contributed by atoms with Gasteiger partial charge in [-0.05, 0) is 29.8 Å². The average Bonchev–Trinajstić information content (AvgIpc) is 2.88. The normalized spacial score (nSPS) is 23.1. The van der Waals surface area contributed by atoms with Crippen molar-refractivity contribution < 1.29 is 9.18 Å². The number of amidine groups is 1. The second-order valence-corrected chi connectivity index (χ2v) is 6.35. The maximum absolute atomic E-state index is 13.4. The molecule has 1 amide bonds. The Morgan fingerprint density at radius 2 is 2.09 bits per heavy atom. The quantitative estimate of drug-likeness (QED) is 0.891. The minimum Gasteiger partial charge on any atom is -0.366 e. The topological polar surface area (TPSA) is 67.5 Å². The Labute approximate surface area is 136 Å². The molecule has 1 heterocycles. The molecular weight excluding hydrogens is 325 g/mol. The lowest BCUT2D eigenvalue weighted by atomic mass is 10.0. The van der Waals surface area contributed by atoms with Crippen LogP contribution in [0.5, 0.6) is 0 Å². The van der Waals surface area contributed by atoms with E-state index < -0.39 is 11.7 Å². The van der Waals surface area contributed by atoms with Gasteiger partial charge in [0.05, 0.1) is 17.1 Å². The molecule has 0 radical (unpaired) electrons. The lowest BCUT2D eigenvalue weighted by Crippen LogP contribution is -2.33. The van der Waals surface area contributed by atoms with Gasteiger partial charge in [0.1, 0.15) is 5.83 Å². The molecule has 0 fully saturated rings. The number of benzene rings is 1. The zero-order valence-electron chi connectivity index (χ0n) is 11.4. The third kappa shape index (κ3) is 3.18. The fraction of sp³-hybridized carbons (Fsp3) is 0.200. The molecule has 0 bridgehead atoms. The van der Waals surface area contributed by atoms with E-state index in [1.165, 1.54) is 17.8 Å². The summed E-state index contributed by atoms with van der Waals surface area (Å²) in [7, 11) is 0. The van der Waals surface area contributed by atoms with E-state index in [1.54, 1.807) is 18.2 Å². The molecule has 0 aromatic heterocycles. The minimum absolute atomic E-state index is 0.111. The Hall–Kier alpha value is -1.79. The van der Waals surface area contributed by atoms with Crippen LogP contribution in [0.15, 0.2) is 52.3 Å². The molecule has 1 aromatic carbocycles. The summed E-state index contributed by atoms with van der Waals surface area (Å²) in [4.78, 5) is 15.5. The number of rotatable bonds is 3. The van der Waals surface area contributed by atoms with Gasteiger partial charge < -0.3 is 11.1 Å². The molecule has 0 saturated heterocycles. The molecule has 0 spiro atoms. The molecule has 3 rings (SSSR count). The van der Waals surface area contributed by atoms with Crippen LogP contribution in [0.25, 0.3) is 0 Å². The molecular formula is C15H13ClFN3OS. The molecule has 3 N–H and O–H groups in total. The van der Waals surface area contributed by atoms with Crippen molar-refractivity contribution in [2.45, 2.75) is 17.8 Å². The van der Waals surface area contributed by atoms with E-state index >= 15 is 0 Å². The van der Waals surface area contributed by atoms with Gasteiger partial charge in [0.2, 0.25) is 5.91 Å². The molecule has 2 unspecified atom stereocenters. The largest absolute Gasteiger partial charge is 0.366 e. The summed E-state index contributed by atoms with van der Waals surface area (Å²) in [5.74, 6) is -0.171. The molecule has 1 aromatic rings. The van der Waals surface area contributed by atoms with E-state index in [2.05, 4.69) is 10.3 Å². The number of primary amides is 1. The second kappa shape index (κ2) is 6.14. The van der Waals surface area contributed by atoms with Gasteiger partial charge in [0.25, 0.3) is 0 Å². The van der Waals surface area contributed by atoms with Crippen LogP contribution < -0.4 is 11.1 Å². The van der Waals surface area contributed by atoms with E-state index in [-0.39, 0.29) is 17.1 Å². The summed E-state index contributed by atoms with van der Waals surface area (Å²) in [6.07, 6.45) is 3.06. The molecule has 1 aliphatic carbocycles. The number of hydrogen-bond acceptors (Lipinski definition) is 4. The van der Waals surface area contributed by atoms with E-state index in [0.29, 0.717) is 11.3 Å². The second-order valence-electron chi connectivity index (χ2n) is 4.97. The van der Waals surface area contributed by atoms with Gasteiger partial charge >= 0.3 is 0 Å². The van der Waals surface area contributed by atoms with Crippen molar-refractivity contribution in [3.8, 4) is 0 Å². The van der Waals surface area contributed by atoms with Gasteiger partial charge in [0.15, 0.2) is 5.17 Å². The summed E-state index contributed by atoms with van der Waals surface area (Å²) in [6, 6.07) is 6.76. The van der Waals surface area contributed by atoms with Crippen LogP contribution in [0.3, 0.4) is 0 Å². The van der Waals surface area contributed by atoms with Crippen molar-refractivity contribution in [2.75, 3.05) is 0 Å². The number of carbonyl (C=O) groups excluding carboxylic acids is 1. The van der Waals surface area contributed by atoms with Gasteiger partial charge in [-0.15, -0.1) is 0 Å². The van der Waals surface area contributed by atoms with E-state index in [4.69, 9.17) is 17.3 Å². The smallest absolute Gasteiger partial charge is 0.248 e. The highest BCUT2D eigenvalue weighted by molar-refractivity contribution is 8.13. The van der Waals surface area contributed by atoms with Crippen LogP contribution >= 0.6 is 23.4 Å². The zero-order chi connectivity index (χ0) is 15.7. The van der Waals surface area contributed by atoms with Crippen molar-refractivity contribution in [3.05, 3.63) is 58.4 Å². The van der Waals surface area contributed by atoms with E-state index in [1.807, 2.05) is 12.1 Å². The molecule has 4 nitrogen and oxygen atoms in total. The van der Waals surface area contributed by atoms with Crippen molar-refractivity contribution in [3.63, 3.8) is 0 Å². The molecule has 1 aliphatic heterocycles. The Morgan fingerprint density at radius 1 is 1.36 bits per heavy atom. The number of thioether (sulfide) groups is 1. The van der Waals surface area contributed by atoms with Gasteiger partial charge in [-0.2, -0.15) is 0 Å². The number of fused-ring (bicyclic) bond motifs is 1. The molecule has 2 aliphatic rings. The lowest BCUT2D eigenvalue weighted by molar-refractivity contribution is 0.100. The SMILES string of the molecule is NC(=O)c1ccc(CSC2=NC3C=C(Cl)C(F)=CC3N2)cc1. The van der Waals surface area contributed by atoms with Crippen LogP contribution in [0, 0.1) is 0 Å². The van der Waals surface area contributed by atoms with Crippen molar-refractivity contribution in [2.24, 2.45) is 10.7 Å². The standard InChI is InChI=1S/C15H13ClFN3OS/c16-10-5-12-13(6-11(10)17)20-15(19-12)22-7-8-1-3-9(4-2-8)14(18)21/h1-6,12-13H,7H2,(H2,18,21)(H,19,20). The number of carbonyl (C=O) groups is 1. The third-order valence-electron chi connectivity index (χ3n) is 3.41. The maximum Gasteiger partial charge on any atom is 0.248 e. The van der Waals surface area contributed by atoms with Gasteiger partial charge in [-0.25, -0.2) is 4.39 Å². The minimum atomic E-state index is -0.442. The molecule has 22 heavy (non-hydrogen) atoms.